The summed E-state index contributed by atoms with van der Waals surface area (Å²) in [5, 5.41) is 8.54. The molecule has 0 rings (SSSR count). The fourth-order valence-electron chi connectivity index (χ4n) is 3.76. The van der Waals surface area contributed by atoms with E-state index < -0.39 is 18.1 Å². The van der Waals surface area contributed by atoms with Crippen molar-refractivity contribution in [1.29, 1.82) is 0 Å². The van der Waals surface area contributed by atoms with Crippen molar-refractivity contribution < 1.29 is 51.9 Å². The third-order valence-corrected chi connectivity index (χ3v) is 5.63. The minimum Gasteiger partial charge on any atom is -0.542 e. The van der Waals surface area contributed by atoms with Gasteiger partial charge in [0.1, 0.15) is 0 Å². The molecule has 0 spiro atoms. The van der Waals surface area contributed by atoms with Gasteiger partial charge in [-0.3, -0.25) is 35.6 Å². The number of nitrogens with two attached hydrogens (primary N) is 6. The maximum Gasteiger partial charge on any atom is 3.00 e. The van der Waals surface area contributed by atoms with Gasteiger partial charge in [0.25, 0.3) is 0 Å². The normalized spacial score (nSPS) is 12.3. The van der Waals surface area contributed by atoms with Crippen molar-refractivity contribution in [2.75, 3.05) is 19.6 Å². The molecular weight excluding hydrogens is 609 g/mol. The molecule has 0 radical (unpaired) electrons. The Kier molecular flexibility index (Phi) is 24.2. The quantitative estimate of drug-likeness (QED) is 0.0251. The first-order valence-corrected chi connectivity index (χ1v) is 13.4. The summed E-state index contributed by atoms with van der Waals surface area (Å²) in [6.45, 7) is 2.76. The van der Waals surface area contributed by atoms with Crippen LogP contribution in [0.15, 0.2) is 15.0 Å². The minimum absolute atomic E-state index is 0. The number of hydrogen-bond acceptors (Lipinski definition) is 7. The van der Waals surface area contributed by atoms with Crippen LogP contribution in [-0.2, 0) is 51.9 Å². The first-order valence-electron chi connectivity index (χ1n) is 13.4. The van der Waals surface area contributed by atoms with E-state index in [1.54, 1.807) is 6.92 Å². The van der Waals surface area contributed by atoms with Crippen molar-refractivity contribution in [3.63, 3.8) is 0 Å². The Balaban J connectivity index is 0. The number of amides is 3. The molecule has 0 aromatic carbocycles. The summed E-state index contributed by atoms with van der Waals surface area (Å²) in [5.74, 6) is -0.990. The third-order valence-electron chi connectivity index (χ3n) is 5.63. The molecule has 3 amide bonds. The molecule has 15 N–H and O–H groups in total. The first-order chi connectivity index (χ1) is 19.0. The van der Waals surface area contributed by atoms with Crippen LogP contribution in [-0.4, -0.2) is 79.6 Å². The predicted octanol–water partition coefficient (Wildman–Crippen LogP) is -2.71. The number of aliphatic imine (C=N–C) groups is 3. The van der Waals surface area contributed by atoms with E-state index >= 15 is 0 Å². The number of carbonyl (C=O) groups excluding carboxylic acids is 4. The molecule has 3 unspecified atom stereocenters. The van der Waals surface area contributed by atoms with E-state index in [-0.39, 0.29) is 94.0 Å². The number of nitrogens with zero attached hydrogens (tertiary/aromatic N) is 3. The van der Waals surface area contributed by atoms with Crippen LogP contribution in [0.1, 0.15) is 71.1 Å². The molecule has 17 heteroatoms. The molecule has 16 nitrogen and oxygen atoms in total. The Morgan fingerprint density at radius 2 is 0.976 bits per heavy atom. The van der Waals surface area contributed by atoms with Crippen LogP contribution in [0.3, 0.4) is 0 Å². The van der Waals surface area contributed by atoms with Crippen molar-refractivity contribution in [2.45, 2.75) is 89.3 Å². The molecule has 228 valence electrons. The number of rotatable bonds is 22. The van der Waals surface area contributed by atoms with Crippen molar-refractivity contribution in [1.82, 2.24) is 16.0 Å². The van der Waals surface area contributed by atoms with E-state index in [0.717, 1.165) is 0 Å². The smallest absolute Gasteiger partial charge is 0.542 e. The molecule has 0 aliphatic rings. The maximum atomic E-state index is 12.9. The summed E-state index contributed by atoms with van der Waals surface area (Å²) < 4.78 is 0. The largest absolute Gasteiger partial charge is 3.00 e. The standard InChI is InChI=1S/C24H47N12O4.Y/c1-2-19(38)35-17(7-4-11-32-23(27)28)14-21(40)36-18(8-5-12-33-24(29)30)15-20(39)34-16(9-13-37)6-3-10-31-22(25)26;/h16-18H,2-12,14-15H2,1H3,(H,34,39)(H,35,38)(H,36,40)(H4,25,26,31)(H4,27,28,32)(H4,29,30,33);/q-1;+3. The monoisotopic (exact) mass is 656 g/mol. The summed E-state index contributed by atoms with van der Waals surface area (Å²) in [6, 6.07) is -1.42. The van der Waals surface area contributed by atoms with Crippen LogP contribution in [0.4, 0.5) is 0 Å². The van der Waals surface area contributed by atoms with Crippen LogP contribution in [0.2, 0.25) is 0 Å². The van der Waals surface area contributed by atoms with Crippen molar-refractivity contribution in [2.24, 2.45) is 49.4 Å². The van der Waals surface area contributed by atoms with E-state index in [0.29, 0.717) is 58.2 Å². The molecule has 0 saturated heterocycles. The van der Waals surface area contributed by atoms with Gasteiger partial charge < -0.3 is 55.1 Å². The topological polar surface area (TPSA) is 298 Å². The van der Waals surface area contributed by atoms with E-state index in [1.165, 1.54) is 0 Å². The summed E-state index contributed by atoms with van der Waals surface area (Å²) in [6.07, 6.45) is 5.05. The SMILES string of the molecule is CCC(=O)NC(CCCN=C(N)N)CC(=O)NC(CCCN=C(N)N)CC(=O)NC(C[C-]=O)CCCN=C(N)N.[Y+3]. The van der Waals surface area contributed by atoms with Crippen LogP contribution in [0.25, 0.3) is 0 Å². The molecular formula is C24H47N12O4Y+2. The summed E-state index contributed by atoms with van der Waals surface area (Å²) in [5.41, 5.74) is 32.1. The van der Waals surface area contributed by atoms with Crippen molar-refractivity contribution in [3.05, 3.63) is 0 Å². The van der Waals surface area contributed by atoms with Crippen LogP contribution >= 0.6 is 0 Å². The van der Waals surface area contributed by atoms with Gasteiger partial charge in [0, 0.05) is 57.0 Å². The second-order valence-electron chi connectivity index (χ2n) is 9.25. The first kappa shape index (κ1) is 40.1. The van der Waals surface area contributed by atoms with E-state index in [1.807, 2.05) is 6.29 Å². The van der Waals surface area contributed by atoms with Gasteiger partial charge in [0.05, 0.1) is 0 Å². The molecule has 0 aliphatic carbocycles. The number of guanidine groups is 3. The zero-order valence-electron chi connectivity index (χ0n) is 23.9. The number of hydrogen-bond donors (Lipinski definition) is 9. The van der Waals surface area contributed by atoms with Crippen LogP contribution in [0.5, 0.6) is 0 Å². The van der Waals surface area contributed by atoms with Crippen LogP contribution < -0.4 is 50.4 Å². The van der Waals surface area contributed by atoms with Gasteiger partial charge in [-0.1, -0.05) is 6.92 Å². The summed E-state index contributed by atoms with van der Waals surface area (Å²) in [4.78, 5) is 60.5. The third kappa shape index (κ3) is 24.5. The molecule has 0 aliphatic heterocycles. The molecule has 0 fully saturated rings. The Labute approximate surface area is 267 Å². The van der Waals surface area contributed by atoms with Crippen molar-refractivity contribution in [3.8, 4) is 0 Å². The Morgan fingerprint density at radius 3 is 1.32 bits per heavy atom. The van der Waals surface area contributed by atoms with Gasteiger partial charge in [-0.05, 0) is 38.5 Å². The minimum atomic E-state index is -0.534. The van der Waals surface area contributed by atoms with Crippen LogP contribution in [0, 0.1) is 0 Å². The maximum absolute atomic E-state index is 12.9. The molecule has 0 bridgehead atoms. The van der Waals surface area contributed by atoms with E-state index in [4.69, 9.17) is 34.4 Å². The fraction of sp³-hybridized carbons (Fsp3) is 0.708. The number of nitrogens with one attached hydrogen (secondary N) is 3. The van der Waals surface area contributed by atoms with Gasteiger partial charge in [0.15, 0.2) is 17.9 Å². The second-order valence-corrected chi connectivity index (χ2v) is 9.25. The predicted molar refractivity (Wildman–Crippen MR) is 155 cm³/mol. The molecule has 3 atom stereocenters. The Morgan fingerprint density at radius 1 is 0.634 bits per heavy atom. The van der Waals surface area contributed by atoms with Gasteiger partial charge in [-0.2, -0.15) is 0 Å². The molecule has 0 aromatic heterocycles. The summed E-state index contributed by atoms with van der Waals surface area (Å²) >= 11 is 0. The van der Waals surface area contributed by atoms with E-state index in [2.05, 4.69) is 30.9 Å². The molecule has 0 aromatic rings. The second kappa shape index (κ2) is 24.8. The Bertz CT molecular complexity index is 873. The molecule has 0 heterocycles. The molecule has 41 heavy (non-hydrogen) atoms. The van der Waals surface area contributed by atoms with Gasteiger partial charge in [-0.25, -0.2) is 0 Å². The Hall–Kier alpha value is -3.01. The van der Waals surface area contributed by atoms with Gasteiger partial charge in [-0.15, -0.1) is 6.42 Å². The molecule has 0 saturated carbocycles. The summed E-state index contributed by atoms with van der Waals surface area (Å²) in [7, 11) is 0. The fourth-order valence-corrected chi connectivity index (χ4v) is 3.76. The average molecular weight is 657 g/mol. The zero-order chi connectivity index (χ0) is 30.3. The number of carbonyl (C=O) groups is 3. The average Bonchev–Trinajstić information content (AvgIpc) is 2.86. The van der Waals surface area contributed by atoms with Gasteiger partial charge >= 0.3 is 32.7 Å². The zero-order valence-corrected chi connectivity index (χ0v) is 26.8. The van der Waals surface area contributed by atoms with Gasteiger partial charge in [0.2, 0.25) is 17.7 Å². The van der Waals surface area contributed by atoms with E-state index in [9.17, 15) is 19.2 Å². The van der Waals surface area contributed by atoms with Crippen molar-refractivity contribution >= 4 is 41.9 Å².